The van der Waals surface area contributed by atoms with Gasteiger partial charge in [0.2, 0.25) is 11.8 Å². The quantitative estimate of drug-likeness (QED) is 0.0421. The van der Waals surface area contributed by atoms with Crippen LogP contribution in [0.15, 0.2) is 36.4 Å². The number of phenols is 2. The Bertz CT molecular complexity index is 1360. The molecular formula is C42H66N4O6. The Labute approximate surface area is 312 Å². The number of rotatable bonds is 26. The van der Waals surface area contributed by atoms with Crippen molar-refractivity contribution in [2.75, 3.05) is 0 Å². The lowest BCUT2D eigenvalue weighted by Gasteiger charge is -2.18. The normalized spacial score (nSPS) is 11.5. The second-order valence-electron chi connectivity index (χ2n) is 14.0. The van der Waals surface area contributed by atoms with Crippen LogP contribution in [0.2, 0.25) is 0 Å². The lowest BCUT2D eigenvalue weighted by molar-refractivity contribution is -0.127. The highest BCUT2D eigenvalue weighted by atomic mass is 16.3. The molecule has 0 aromatic heterocycles. The maximum Gasteiger partial charge on any atom is 0.273 e. The maximum absolute atomic E-state index is 13.3. The summed E-state index contributed by atoms with van der Waals surface area (Å²) in [5.41, 5.74) is 11.3. The third-order valence-electron chi connectivity index (χ3n) is 9.69. The van der Waals surface area contributed by atoms with E-state index in [-0.39, 0.29) is 35.5 Å². The second-order valence-corrected chi connectivity index (χ2v) is 14.0. The number of unbranched alkanes of at least 4 members (excludes halogenated alkanes) is 14. The van der Waals surface area contributed by atoms with Crippen LogP contribution < -0.4 is 21.7 Å². The number of phenolic OH excluding ortho intramolecular Hbond substituents is 2. The highest BCUT2D eigenvalue weighted by Gasteiger charge is 2.22. The van der Waals surface area contributed by atoms with E-state index >= 15 is 0 Å². The van der Waals surface area contributed by atoms with Crippen LogP contribution in [0.4, 0.5) is 0 Å². The van der Waals surface area contributed by atoms with E-state index in [1.807, 2.05) is 12.1 Å². The van der Waals surface area contributed by atoms with Crippen LogP contribution in [0, 0.1) is 5.92 Å². The Morgan fingerprint density at radius 1 is 0.519 bits per heavy atom. The molecule has 1 unspecified atom stereocenters. The third kappa shape index (κ3) is 17.0. The first-order chi connectivity index (χ1) is 25.2. The molecule has 4 amide bonds. The van der Waals surface area contributed by atoms with Gasteiger partial charge < -0.3 is 10.2 Å². The van der Waals surface area contributed by atoms with Gasteiger partial charge >= 0.3 is 0 Å². The van der Waals surface area contributed by atoms with Crippen LogP contribution in [0.5, 0.6) is 11.5 Å². The van der Waals surface area contributed by atoms with Crippen molar-refractivity contribution in [3.63, 3.8) is 0 Å². The fourth-order valence-electron chi connectivity index (χ4n) is 6.39. The molecule has 10 nitrogen and oxygen atoms in total. The Hall–Kier alpha value is -4.08. The van der Waals surface area contributed by atoms with E-state index in [4.69, 9.17) is 0 Å². The van der Waals surface area contributed by atoms with Gasteiger partial charge in [0.05, 0.1) is 11.1 Å². The summed E-state index contributed by atoms with van der Waals surface area (Å²) < 4.78 is 0. The van der Waals surface area contributed by atoms with Crippen LogP contribution in [0.25, 0.3) is 0 Å². The molecule has 2 aromatic rings. The molecule has 2 rings (SSSR count). The molecule has 0 saturated heterocycles. The molecule has 0 fully saturated rings. The number of carbonyl (C=O) groups is 4. The largest absolute Gasteiger partial charge is 0.507 e. The molecule has 2 aromatic carbocycles. The second kappa shape index (κ2) is 26.7. The van der Waals surface area contributed by atoms with Crippen molar-refractivity contribution in [2.45, 2.75) is 162 Å². The molecule has 0 saturated carbocycles. The van der Waals surface area contributed by atoms with Gasteiger partial charge in [-0.3, -0.25) is 40.9 Å². The predicted molar refractivity (Wildman–Crippen MR) is 208 cm³/mol. The third-order valence-corrected chi connectivity index (χ3v) is 9.69. The first-order valence-corrected chi connectivity index (χ1v) is 20.0. The molecule has 6 N–H and O–H groups in total. The van der Waals surface area contributed by atoms with E-state index in [0.29, 0.717) is 30.4 Å². The summed E-state index contributed by atoms with van der Waals surface area (Å²) in [7, 11) is 0. The van der Waals surface area contributed by atoms with Gasteiger partial charge in [0.25, 0.3) is 11.8 Å². The van der Waals surface area contributed by atoms with Crippen molar-refractivity contribution >= 4 is 23.6 Å². The number of hydrazine groups is 2. The van der Waals surface area contributed by atoms with Gasteiger partial charge in [0.1, 0.15) is 11.5 Å². The number of aromatic hydroxyl groups is 2. The minimum absolute atomic E-state index is 0.0351. The van der Waals surface area contributed by atoms with Crippen molar-refractivity contribution in [1.29, 1.82) is 0 Å². The topological polar surface area (TPSA) is 157 Å². The van der Waals surface area contributed by atoms with Crippen LogP contribution in [-0.4, -0.2) is 33.8 Å². The molecule has 0 aliphatic carbocycles. The number of benzene rings is 2. The van der Waals surface area contributed by atoms with Crippen molar-refractivity contribution in [3.05, 3.63) is 58.7 Å². The van der Waals surface area contributed by atoms with Gasteiger partial charge in [0.15, 0.2) is 0 Å². The summed E-state index contributed by atoms with van der Waals surface area (Å²) in [6.07, 6.45) is 20.5. The number of nitrogens with one attached hydrogen (secondary N) is 4. The SMILES string of the molecule is CCCCCCCCc1cccc(C(=O)NNC(=O)CCC(CCCCCCC)C(=O)NNC(=O)c2cccc(CCCCCCCC)c2O)c1O. The Morgan fingerprint density at radius 3 is 1.42 bits per heavy atom. The minimum atomic E-state index is -0.622. The molecule has 0 heterocycles. The molecule has 10 heteroatoms. The van der Waals surface area contributed by atoms with Crippen molar-refractivity contribution in [1.82, 2.24) is 21.7 Å². The van der Waals surface area contributed by atoms with Gasteiger partial charge in [-0.2, -0.15) is 0 Å². The summed E-state index contributed by atoms with van der Waals surface area (Å²) in [6.45, 7) is 6.49. The Balaban J connectivity index is 1.91. The van der Waals surface area contributed by atoms with E-state index in [1.165, 1.54) is 50.7 Å². The van der Waals surface area contributed by atoms with Gasteiger partial charge in [-0.15, -0.1) is 0 Å². The van der Waals surface area contributed by atoms with E-state index in [0.717, 1.165) is 70.6 Å². The molecule has 52 heavy (non-hydrogen) atoms. The lowest BCUT2D eigenvalue weighted by Crippen LogP contribution is -2.45. The van der Waals surface area contributed by atoms with E-state index < -0.39 is 29.5 Å². The fraction of sp³-hybridized carbons (Fsp3) is 0.619. The molecule has 0 spiro atoms. The average Bonchev–Trinajstić information content (AvgIpc) is 3.14. The molecule has 1 atom stereocenters. The summed E-state index contributed by atoms with van der Waals surface area (Å²) in [5.74, 6) is -2.85. The van der Waals surface area contributed by atoms with Crippen LogP contribution in [-0.2, 0) is 22.4 Å². The molecule has 290 valence electrons. The first kappa shape index (κ1) is 44.1. The fourth-order valence-corrected chi connectivity index (χ4v) is 6.39. The molecule has 0 aliphatic rings. The average molecular weight is 723 g/mol. The first-order valence-electron chi connectivity index (χ1n) is 20.0. The summed E-state index contributed by atoms with van der Waals surface area (Å²) >= 11 is 0. The zero-order valence-electron chi connectivity index (χ0n) is 32.1. The monoisotopic (exact) mass is 722 g/mol. The van der Waals surface area contributed by atoms with E-state index in [9.17, 15) is 29.4 Å². The van der Waals surface area contributed by atoms with Crippen molar-refractivity contribution < 1.29 is 29.4 Å². The summed E-state index contributed by atoms with van der Waals surface area (Å²) in [6, 6.07) is 10.1. The number of amides is 4. The zero-order valence-corrected chi connectivity index (χ0v) is 32.1. The van der Waals surface area contributed by atoms with E-state index in [1.54, 1.807) is 12.1 Å². The van der Waals surface area contributed by atoms with Gasteiger partial charge in [-0.25, -0.2) is 0 Å². The van der Waals surface area contributed by atoms with Gasteiger partial charge in [-0.1, -0.05) is 141 Å². The van der Waals surface area contributed by atoms with Gasteiger partial charge in [0, 0.05) is 12.3 Å². The van der Waals surface area contributed by atoms with Gasteiger partial charge in [-0.05, 0) is 61.8 Å². The molecule has 0 radical (unpaired) electrons. The highest BCUT2D eigenvalue weighted by Crippen LogP contribution is 2.26. The number of hydrogen-bond donors (Lipinski definition) is 6. The Kier molecular flexibility index (Phi) is 22.6. The zero-order chi connectivity index (χ0) is 38.0. The van der Waals surface area contributed by atoms with Crippen LogP contribution in [0.1, 0.15) is 181 Å². The van der Waals surface area contributed by atoms with Crippen LogP contribution in [0.3, 0.4) is 0 Å². The minimum Gasteiger partial charge on any atom is -0.507 e. The molecule has 0 aliphatic heterocycles. The van der Waals surface area contributed by atoms with Crippen LogP contribution >= 0.6 is 0 Å². The highest BCUT2D eigenvalue weighted by molar-refractivity contribution is 5.99. The smallest absolute Gasteiger partial charge is 0.273 e. The number of carbonyl (C=O) groups excluding carboxylic acids is 4. The molecule has 0 bridgehead atoms. The van der Waals surface area contributed by atoms with E-state index in [2.05, 4.69) is 42.5 Å². The summed E-state index contributed by atoms with van der Waals surface area (Å²) in [4.78, 5) is 51.9. The lowest BCUT2D eigenvalue weighted by atomic mass is 9.95. The number of aryl methyl sites for hydroxylation is 2. The number of para-hydroxylation sites is 2. The predicted octanol–water partition coefficient (Wildman–Crippen LogP) is 8.88. The molecular weight excluding hydrogens is 656 g/mol. The van der Waals surface area contributed by atoms with Crippen molar-refractivity contribution in [3.8, 4) is 11.5 Å². The summed E-state index contributed by atoms with van der Waals surface area (Å²) in [5, 5.41) is 21.5. The standard InChI is InChI=1S/C42H66N4O6/c1-4-7-10-13-16-18-23-32-26-21-28-35(38(32)48)41(51)45-43-37(47)31-30-34(25-20-15-12-9-6-3)40(50)44-46-42(52)36-29-22-27-33(39(36)49)24-19-17-14-11-8-5-2/h21-22,26-29,34,48-49H,4-20,23-25,30-31H2,1-3H3,(H,43,47)(H,44,50)(H,45,51)(H,46,52). The van der Waals surface area contributed by atoms with Crippen molar-refractivity contribution in [2.24, 2.45) is 5.92 Å². The maximum atomic E-state index is 13.3. The Morgan fingerprint density at radius 2 is 0.942 bits per heavy atom. The number of hydrogen-bond acceptors (Lipinski definition) is 6.